The first-order valence-electron chi connectivity index (χ1n) is 13.6. The molecular weight excluding hydrogens is 487 g/mol. The number of fused-ring (bicyclic) bond motifs is 3. The van der Waals surface area contributed by atoms with Gasteiger partial charge < -0.3 is 19.1 Å². The summed E-state index contributed by atoms with van der Waals surface area (Å²) in [6.45, 7) is 10.2. The average Bonchev–Trinajstić information content (AvgIpc) is 3.14. The van der Waals surface area contributed by atoms with Gasteiger partial charge in [0.1, 0.15) is 23.8 Å². The zero-order valence-corrected chi connectivity index (χ0v) is 22.7. The molecule has 7 nitrogen and oxygen atoms in total. The lowest BCUT2D eigenvalue weighted by Crippen LogP contribution is -2.42. The zero-order valence-electron chi connectivity index (χ0n) is 22.7. The van der Waals surface area contributed by atoms with Crippen molar-refractivity contribution in [1.29, 1.82) is 0 Å². The van der Waals surface area contributed by atoms with Crippen LogP contribution in [0.2, 0.25) is 0 Å². The topological polar surface area (TPSA) is 68.3 Å². The first-order chi connectivity index (χ1) is 18.1. The molecule has 0 saturated carbocycles. The molecule has 38 heavy (non-hydrogen) atoms. The van der Waals surface area contributed by atoms with Crippen LogP contribution in [0.3, 0.4) is 0 Å². The maximum absolute atomic E-state index is 14.3. The number of piperidine rings is 1. The number of hydrogen-bond donors (Lipinski definition) is 0. The van der Waals surface area contributed by atoms with Crippen molar-refractivity contribution in [3.05, 3.63) is 53.3 Å². The molecule has 2 aliphatic heterocycles. The Morgan fingerprint density at radius 3 is 2.58 bits per heavy atom. The lowest BCUT2D eigenvalue weighted by molar-refractivity contribution is -0.143. The molecule has 1 atom stereocenters. The highest BCUT2D eigenvalue weighted by Crippen LogP contribution is 2.53. The molecule has 1 aliphatic carbocycles. The molecule has 1 unspecified atom stereocenters. The molecule has 1 spiro atoms. The van der Waals surface area contributed by atoms with Gasteiger partial charge in [0.25, 0.3) is 0 Å². The van der Waals surface area contributed by atoms with Crippen LogP contribution in [-0.2, 0) is 19.7 Å². The molecule has 0 bridgehead atoms. The number of nitrogens with zero attached hydrogens (tertiary/aromatic N) is 2. The van der Waals surface area contributed by atoms with Gasteiger partial charge in [-0.15, -0.1) is 0 Å². The number of ether oxygens (including phenoxy) is 3. The highest BCUT2D eigenvalue weighted by atomic mass is 19.1. The maximum Gasteiger partial charge on any atom is 0.415 e. The van der Waals surface area contributed by atoms with Crippen LogP contribution in [0.4, 0.5) is 20.6 Å². The fraction of sp³-hybridized carbons (Fsp3) is 0.533. The lowest BCUT2D eigenvalue weighted by Gasteiger charge is -2.42. The van der Waals surface area contributed by atoms with Gasteiger partial charge in [-0.05, 0) is 93.7 Å². The highest BCUT2D eigenvalue weighted by molar-refractivity contribution is 5.91. The number of hydrogen-bond acceptors (Lipinski definition) is 6. The van der Waals surface area contributed by atoms with Crippen molar-refractivity contribution >= 4 is 23.4 Å². The van der Waals surface area contributed by atoms with Gasteiger partial charge in [-0.3, -0.25) is 9.69 Å². The molecule has 0 aromatic heterocycles. The Hall–Kier alpha value is -3.29. The Kier molecular flexibility index (Phi) is 7.01. The molecule has 8 heteroatoms. The van der Waals surface area contributed by atoms with Gasteiger partial charge in [0, 0.05) is 24.8 Å². The van der Waals surface area contributed by atoms with Gasteiger partial charge in [-0.1, -0.05) is 6.07 Å². The molecular formula is C30H37FN2O5. The molecule has 0 N–H and O–H groups in total. The Bertz CT molecular complexity index is 1220. The van der Waals surface area contributed by atoms with E-state index in [9.17, 15) is 14.0 Å². The van der Waals surface area contributed by atoms with Gasteiger partial charge in [-0.25, -0.2) is 9.18 Å². The van der Waals surface area contributed by atoms with Crippen molar-refractivity contribution in [2.45, 2.75) is 70.3 Å². The lowest BCUT2D eigenvalue weighted by atomic mass is 9.73. The molecule has 2 aromatic carbocycles. The number of amides is 1. The van der Waals surface area contributed by atoms with E-state index in [1.807, 2.05) is 52.0 Å². The van der Waals surface area contributed by atoms with Crippen molar-refractivity contribution in [1.82, 2.24) is 0 Å². The van der Waals surface area contributed by atoms with E-state index in [2.05, 4.69) is 4.90 Å². The van der Waals surface area contributed by atoms with E-state index in [4.69, 9.17) is 14.2 Å². The molecule has 0 radical (unpaired) electrons. The summed E-state index contributed by atoms with van der Waals surface area (Å²) in [6.07, 6.45) is 2.51. The highest BCUT2D eigenvalue weighted by Gasteiger charge is 2.46. The summed E-state index contributed by atoms with van der Waals surface area (Å²) >= 11 is 0. The van der Waals surface area contributed by atoms with Gasteiger partial charge in [0.05, 0.1) is 25.3 Å². The first kappa shape index (κ1) is 26.3. The second-order valence-electron chi connectivity index (χ2n) is 11.5. The number of rotatable bonds is 4. The van der Waals surface area contributed by atoms with Crippen LogP contribution in [0.1, 0.15) is 70.4 Å². The van der Waals surface area contributed by atoms with Gasteiger partial charge >= 0.3 is 12.1 Å². The van der Waals surface area contributed by atoms with Gasteiger partial charge in [0.2, 0.25) is 0 Å². The number of benzene rings is 2. The van der Waals surface area contributed by atoms with Crippen molar-refractivity contribution in [3.63, 3.8) is 0 Å². The van der Waals surface area contributed by atoms with E-state index in [-0.39, 0.29) is 29.2 Å². The Morgan fingerprint density at radius 1 is 1.11 bits per heavy atom. The van der Waals surface area contributed by atoms with Crippen LogP contribution < -0.4 is 14.5 Å². The molecule has 2 heterocycles. The minimum atomic E-state index is -0.573. The number of carbonyl (C=O) groups excluding carboxylic acids is 2. The monoisotopic (exact) mass is 524 g/mol. The molecule has 2 aromatic rings. The Morgan fingerprint density at radius 2 is 1.87 bits per heavy atom. The van der Waals surface area contributed by atoms with E-state index in [1.54, 1.807) is 11.0 Å². The number of anilines is 2. The fourth-order valence-electron chi connectivity index (χ4n) is 6.22. The average molecular weight is 525 g/mol. The summed E-state index contributed by atoms with van der Waals surface area (Å²) < 4.78 is 31.1. The Labute approximate surface area is 223 Å². The van der Waals surface area contributed by atoms with Gasteiger partial charge in [-0.2, -0.15) is 0 Å². The largest absolute Gasteiger partial charge is 0.489 e. The van der Waals surface area contributed by atoms with Crippen LogP contribution in [0.15, 0.2) is 36.4 Å². The van der Waals surface area contributed by atoms with Gasteiger partial charge in [0.15, 0.2) is 0 Å². The molecule has 1 fully saturated rings. The third-order valence-electron chi connectivity index (χ3n) is 7.89. The third kappa shape index (κ3) is 5.18. The zero-order chi connectivity index (χ0) is 27.1. The summed E-state index contributed by atoms with van der Waals surface area (Å²) in [4.78, 5) is 29.0. The molecule has 5 rings (SSSR count). The summed E-state index contributed by atoms with van der Waals surface area (Å²) in [5, 5.41) is 0. The van der Waals surface area contributed by atoms with E-state index < -0.39 is 5.60 Å². The van der Waals surface area contributed by atoms with Crippen LogP contribution in [-0.4, -0.2) is 50.5 Å². The van der Waals surface area contributed by atoms with Crippen LogP contribution in [0, 0.1) is 5.82 Å². The van der Waals surface area contributed by atoms with Crippen LogP contribution >= 0.6 is 0 Å². The second kappa shape index (κ2) is 10.1. The van der Waals surface area contributed by atoms with Crippen molar-refractivity contribution in [2.75, 3.05) is 42.6 Å². The molecule has 204 valence electrons. The van der Waals surface area contributed by atoms with Crippen molar-refractivity contribution in [3.8, 4) is 5.75 Å². The second-order valence-corrected chi connectivity index (χ2v) is 11.5. The summed E-state index contributed by atoms with van der Waals surface area (Å²) in [5.41, 5.74) is 3.15. The van der Waals surface area contributed by atoms with Crippen LogP contribution in [0.5, 0.6) is 5.75 Å². The molecule has 1 amide bonds. The maximum atomic E-state index is 14.3. The van der Waals surface area contributed by atoms with Crippen LogP contribution in [0.25, 0.3) is 0 Å². The SMILES string of the molecule is CCOC(=O)CC1CC2(CCN(c3ccc4c(c3)OCCN4C(=O)OC(C)(C)C)CC2)c2cc(F)ccc21. The van der Waals surface area contributed by atoms with Crippen molar-refractivity contribution < 1.29 is 28.2 Å². The normalized spacial score (nSPS) is 20.0. The Balaban J connectivity index is 1.32. The quantitative estimate of drug-likeness (QED) is 0.461. The number of halogens is 1. The molecule has 3 aliphatic rings. The fourth-order valence-corrected chi connectivity index (χ4v) is 6.22. The van der Waals surface area contributed by atoms with E-state index in [0.29, 0.717) is 37.6 Å². The van der Waals surface area contributed by atoms with E-state index >= 15 is 0 Å². The summed E-state index contributed by atoms with van der Waals surface area (Å²) in [6, 6.07) is 11.0. The standard InChI is InChI=1S/C30H37FN2O5/c1-5-36-27(34)16-20-19-30(24-17-21(31)6-8-23(20)24)10-12-32(13-11-30)22-7-9-25-26(18-22)37-15-14-33(25)28(35)38-29(2,3)4/h6-9,17-18,20H,5,10-16,19H2,1-4H3. The number of esters is 1. The first-order valence-corrected chi connectivity index (χ1v) is 13.6. The molecule has 1 saturated heterocycles. The third-order valence-corrected chi connectivity index (χ3v) is 7.89. The minimum absolute atomic E-state index is 0.0483. The van der Waals surface area contributed by atoms with E-state index in [1.165, 1.54) is 6.07 Å². The predicted octanol–water partition coefficient (Wildman–Crippen LogP) is 5.94. The van der Waals surface area contributed by atoms with Crippen molar-refractivity contribution in [2.24, 2.45) is 0 Å². The minimum Gasteiger partial charge on any atom is -0.489 e. The summed E-state index contributed by atoms with van der Waals surface area (Å²) in [5.74, 6) is 0.287. The number of carbonyl (C=O) groups is 2. The predicted molar refractivity (Wildman–Crippen MR) is 144 cm³/mol. The van der Waals surface area contributed by atoms with E-state index in [0.717, 1.165) is 49.2 Å². The smallest absolute Gasteiger partial charge is 0.415 e. The summed E-state index contributed by atoms with van der Waals surface area (Å²) in [7, 11) is 0.